The SMILES string of the molecule is CC(C)CC(=O)N/N=C\c1ccccc1[N+](=O)[O-]. The topological polar surface area (TPSA) is 84.6 Å². The molecule has 1 aromatic rings. The van der Waals surface area contributed by atoms with E-state index in [9.17, 15) is 14.9 Å². The Bertz CT molecular complexity index is 469. The lowest BCUT2D eigenvalue weighted by Crippen LogP contribution is -2.19. The Morgan fingerprint density at radius 3 is 2.78 bits per heavy atom. The number of carbonyl (C=O) groups is 1. The fourth-order valence-electron chi connectivity index (χ4n) is 1.35. The predicted octanol–water partition coefficient (Wildman–Crippen LogP) is 2.09. The molecule has 96 valence electrons. The van der Waals surface area contributed by atoms with Crippen molar-refractivity contribution in [2.24, 2.45) is 11.0 Å². The van der Waals surface area contributed by atoms with E-state index in [0.717, 1.165) is 0 Å². The minimum atomic E-state index is -0.489. The first-order valence-corrected chi connectivity index (χ1v) is 5.56. The molecule has 1 rings (SSSR count). The van der Waals surface area contributed by atoms with Gasteiger partial charge in [-0.05, 0) is 12.0 Å². The maximum atomic E-state index is 11.3. The normalized spacial score (nSPS) is 10.8. The van der Waals surface area contributed by atoms with Gasteiger partial charge in [0.05, 0.1) is 16.7 Å². The number of nitrogens with one attached hydrogen (secondary N) is 1. The summed E-state index contributed by atoms with van der Waals surface area (Å²) in [6.45, 7) is 3.84. The molecule has 0 bridgehead atoms. The summed E-state index contributed by atoms with van der Waals surface area (Å²) in [5, 5.41) is 14.4. The molecule has 0 unspecified atom stereocenters. The van der Waals surface area contributed by atoms with Gasteiger partial charge in [-0.1, -0.05) is 26.0 Å². The van der Waals surface area contributed by atoms with Gasteiger partial charge in [0, 0.05) is 12.5 Å². The van der Waals surface area contributed by atoms with Crippen LogP contribution in [0.5, 0.6) is 0 Å². The summed E-state index contributed by atoms with van der Waals surface area (Å²) >= 11 is 0. The van der Waals surface area contributed by atoms with E-state index in [1.165, 1.54) is 12.3 Å². The van der Waals surface area contributed by atoms with E-state index in [2.05, 4.69) is 10.5 Å². The van der Waals surface area contributed by atoms with Crippen LogP contribution >= 0.6 is 0 Å². The fraction of sp³-hybridized carbons (Fsp3) is 0.333. The van der Waals surface area contributed by atoms with Crippen LogP contribution in [-0.2, 0) is 4.79 Å². The van der Waals surface area contributed by atoms with Gasteiger partial charge in [-0.2, -0.15) is 5.10 Å². The van der Waals surface area contributed by atoms with Crippen molar-refractivity contribution in [2.75, 3.05) is 0 Å². The van der Waals surface area contributed by atoms with Gasteiger partial charge in [0.1, 0.15) is 0 Å². The van der Waals surface area contributed by atoms with E-state index in [-0.39, 0.29) is 17.5 Å². The maximum Gasteiger partial charge on any atom is 0.278 e. The van der Waals surface area contributed by atoms with Crippen molar-refractivity contribution in [3.8, 4) is 0 Å². The lowest BCUT2D eigenvalue weighted by molar-refractivity contribution is -0.385. The number of para-hydroxylation sites is 1. The van der Waals surface area contributed by atoms with Crippen molar-refractivity contribution in [1.29, 1.82) is 0 Å². The molecule has 0 atom stereocenters. The molecule has 0 saturated heterocycles. The third-order valence-corrected chi connectivity index (χ3v) is 2.12. The summed E-state index contributed by atoms with van der Waals surface area (Å²) in [6, 6.07) is 6.20. The standard InChI is InChI=1S/C12H15N3O3/c1-9(2)7-12(16)14-13-8-10-5-3-4-6-11(10)15(17)18/h3-6,8-9H,7H2,1-2H3,(H,14,16)/b13-8-. The first-order chi connectivity index (χ1) is 8.50. The second-order valence-electron chi connectivity index (χ2n) is 4.21. The van der Waals surface area contributed by atoms with Gasteiger partial charge >= 0.3 is 0 Å². The van der Waals surface area contributed by atoms with Crippen LogP contribution in [0.25, 0.3) is 0 Å². The van der Waals surface area contributed by atoms with E-state index in [4.69, 9.17) is 0 Å². The molecule has 0 aromatic heterocycles. The van der Waals surface area contributed by atoms with Crippen LogP contribution in [0.4, 0.5) is 5.69 Å². The summed E-state index contributed by atoms with van der Waals surface area (Å²) in [6.07, 6.45) is 1.64. The number of carbonyl (C=O) groups excluding carboxylic acids is 1. The summed E-state index contributed by atoms with van der Waals surface area (Å²) in [7, 11) is 0. The average molecular weight is 249 g/mol. The molecule has 0 radical (unpaired) electrons. The third kappa shape index (κ3) is 4.32. The Labute approximate surface area is 105 Å². The van der Waals surface area contributed by atoms with Crippen LogP contribution < -0.4 is 5.43 Å². The molecular weight excluding hydrogens is 234 g/mol. The first kappa shape index (κ1) is 13.8. The van der Waals surface area contributed by atoms with Gasteiger partial charge in [0.2, 0.25) is 5.91 Å². The zero-order valence-corrected chi connectivity index (χ0v) is 10.3. The van der Waals surface area contributed by atoms with E-state index in [1.54, 1.807) is 18.2 Å². The molecule has 0 saturated carbocycles. The molecule has 0 spiro atoms. The summed E-state index contributed by atoms with van der Waals surface area (Å²) in [4.78, 5) is 21.5. The highest BCUT2D eigenvalue weighted by molar-refractivity contribution is 5.86. The number of hydrogen-bond donors (Lipinski definition) is 1. The number of benzene rings is 1. The molecule has 0 aliphatic rings. The minimum Gasteiger partial charge on any atom is -0.273 e. The Hall–Kier alpha value is -2.24. The maximum absolute atomic E-state index is 11.3. The van der Waals surface area contributed by atoms with Crippen molar-refractivity contribution in [2.45, 2.75) is 20.3 Å². The number of nitrogens with zero attached hydrogens (tertiary/aromatic N) is 2. The Kier molecular flexibility index (Phi) is 4.98. The lowest BCUT2D eigenvalue weighted by atomic mass is 10.1. The molecule has 0 aliphatic carbocycles. The van der Waals surface area contributed by atoms with Gasteiger partial charge in [-0.25, -0.2) is 5.43 Å². The van der Waals surface area contributed by atoms with Gasteiger partial charge in [-0.15, -0.1) is 0 Å². The average Bonchev–Trinajstić information content (AvgIpc) is 2.28. The van der Waals surface area contributed by atoms with E-state index in [0.29, 0.717) is 12.0 Å². The number of nitro benzene ring substituents is 1. The predicted molar refractivity (Wildman–Crippen MR) is 68.3 cm³/mol. The molecule has 0 heterocycles. The minimum absolute atomic E-state index is 0.0423. The highest BCUT2D eigenvalue weighted by Crippen LogP contribution is 2.14. The zero-order valence-electron chi connectivity index (χ0n) is 10.3. The second kappa shape index (κ2) is 6.48. The largest absolute Gasteiger partial charge is 0.278 e. The monoisotopic (exact) mass is 249 g/mol. The van der Waals surface area contributed by atoms with Crippen LogP contribution in [0.3, 0.4) is 0 Å². The summed E-state index contributed by atoms with van der Waals surface area (Å²) < 4.78 is 0. The number of rotatable bonds is 5. The van der Waals surface area contributed by atoms with Crippen LogP contribution in [0.1, 0.15) is 25.8 Å². The quantitative estimate of drug-likeness (QED) is 0.492. The van der Waals surface area contributed by atoms with Crippen LogP contribution in [0, 0.1) is 16.0 Å². The number of hydrazone groups is 1. The van der Waals surface area contributed by atoms with Crippen molar-refractivity contribution in [3.63, 3.8) is 0 Å². The highest BCUT2D eigenvalue weighted by atomic mass is 16.6. The van der Waals surface area contributed by atoms with Crippen LogP contribution in [-0.4, -0.2) is 17.0 Å². The van der Waals surface area contributed by atoms with Crippen molar-refractivity contribution in [3.05, 3.63) is 39.9 Å². The molecule has 1 amide bonds. The zero-order chi connectivity index (χ0) is 13.5. The summed E-state index contributed by atoms with van der Waals surface area (Å²) in [5.74, 6) is 0.0334. The van der Waals surface area contributed by atoms with Crippen LogP contribution in [0.2, 0.25) is 0 Å². The Morgan fingerprint density at radius 2 is 2.17 bits per heavy atom. The van der Waals surface area contributed by atoms with Crippen molar-refractivity contribution in [1.82, 2.24) is 5.43 Å². The molecular formula is C12H15N3O3. The van der Waals surface area contributed by atoms with E-state index >= 15 is 0 Å². The number of nitro groups is 1. The summed E-state index contributed by atoms with van der Waals surface area (Å²) in [5.41, 5.74) is 2.65. The fourth-order valence-corrected chi connectivity index (χ4v) is 1.35. The smallest absolute Gasteiger partial charge is 0.273 e. The third-order valence-electron chi connectivity index (χ3n) is 2.12. The van der Waals surface area contributed by atoms with E-state index in [1.807, 2.05) is 13.8 Å². The van der Waals surface area contributed by atoms with Crippen LogP contribution in [0.15, 0.2) is 29.4 Å². The molecule has 6 heteroatoms. The lowest BCUT2D eigenvalue weighted by Gasteiger charge is -2.02. The number of hydrogen-bond acceptors (Lipinski definition) is 4. The Balaban J connectivity index is 2.68. The Morgan fingerprint density at radius 1 is 1.50 bits per heavy atom. The second-order valence-corrected chi connectivity index (χ2v) is 4.21. The van der Waals surface area contributed by atoms with Gasteiger partial charge in [-0.3, -0.25) is 14.9 Å². The van der Waals surface area contributed by atoms with Gasteiger partial charge in [0.25, 0.3) is 5.69 Å². The van der Waals surface area contributed by atoms with Crippen molar-refractivity contribution < 1.29 is 9.72 Å². The van der Waals surface area contributed by atoms with Gasteiger partial charge in [0.15, 0.2) is 0 Å². The molecule has 6 nitrogen and oxygen atoms in total. The van der Waals surface area contributed by atoms with Gasteiger partial charge < -0.3 is 0 Å². The number of amides is 1. The van der Waals surface area contributed by atoms with Crippen molar-refractivity contribution >= 4 is 17.8 Å². The van der Waals surface area contributed by atoms with E-state index < -0.39 is 4.92 Å². The molecule has 1 aromatic carbocycles. The first-order valence-electron chi connectivity index (χ1n) is 5.56. The molecule has 1 N–H and O–H groups in total. The molecule has 0 aliphatic heterocycles. The highest BCUT2D eigenvalue weighted by Gasteiger charge is 2.10. The molecule has 0 fully saturated rings. The molecule has 18 heavy (non-hydrogen) atoms.